The summed E-state index contributed by atoms with van der Waals surface area (Å²) in [5, 5.41) is 0. The first-order valence-electron chi connectivity index (χ1n) is 2.80. The summed E-state index contributed by atoms with van der Waals surface area (Å²) in [5.41, 5.74) is 1.56. The molecule has 0 fully saturated rings. The first-order valence-corrected chi connectivity index (χ1v) is 2.80. The largest absolute Gasteiger partial charge is 0.261 e. The molecule has 0 saturated carbocycles. The molecule has 0 unspecified atom stereocenters. The summed E-state index contributed by atoms with van der Waals surface area (Å²) in [7, 11) is 0. The predicted molar refractivity (Wildman–Crippen MR) is 33.8 cm³/mol. The van der Waals surface area contributed by atoms with Crippen LogP contribution in [0, 0.1) is 6.92 Å². The Morgan fingerprint density at radius 1 is 1.56 bits per heavy atom. The minimum atomic E-state index is -0.423. The summed E-state index contributed by atoms with van der Waals surface area (Å²) in [6.07, 6.45) is 1.55. The van der Waals surface area contributed by atoms with Crippen LogP contribution in [0.25, 0.3) is 0 Å². The van der Waals surface area contributed by atoms with E-state index in [1.807, 2.05) is 6.92 Å². The van der Waals surface area contributed by atoms with Crippen LogP contribution in [0.2, 0.25) is 0 Å². The van der Waals surface area contributed by atoms with E-state index in [-0.39, 0.29) is 0 Å². The Bertz CT molecular complexity index is 181. The van der Waals surface area contributed by atoms with Crippen molar-refractivity contribution in [3.8, 4) is 0 Å². The minimum Gasteiger partial charge on any atom is -0.261 e. The van der Waals surface area contributed by atoms with Gasteiger partial charge in [0.2, 0.25) is 0 Å². The number of halogens is 1. The topological polar surface area (TPSA) is 12.9 Å². The van der Waals surface area contributed by atoms with Crippen molar-refractivity contribution in [1.82, 2.24) is 4.98 Å². The summed E-state index contributed by atoms with van der Waals surface area (Å²) >= 11 is 0. The van der Waals surface area contributed by atoms with E-state index in [4.69, 9.17) is 0 Å². The highest BCUT2D eigenvalue weighted by Crippen LogP contribution is 1.99. The Balaban J connectivity index is 2.88. The summed E-state index contributed by atoms with van der Waals surface area (Å²) < 4.78 is 11.8. The average molecular weight is 125 g/mol. The van der Waals surface area contributed by atoms with E-state index in [2.05, 4.69) is 4.98 Å². The third-order valence-electron chi connectivity index (χ3n) is 1.13. The highest BCUT2D eigenvalue weighted by Gasteiger charge is 1.88. The standard InChI is InChI=1S/C7H8FN/c1-6-2-3-7(4-8)5-9-6/h2-3,5H,4H2,1H3. The number of pyridine rings is 1. The molecular formula is C7H8FN. The van der Waals surface area contributed by atoms with Gasteiger partial charge in [0, 0.05) is 17.5 Å². The summed E-state index contributed by atoms with van der Waals surface area (Å²) in [4.78, 5) is 3.91. The van der Waals surface area contributed by atoms with Crippen molar-refractivity contribution in [1.29, 1.82) is 0 Å². The average Bonchev–Trinajstić information content (AvgIpc) is 1.90. The van der Waals surface area contributed by atoms with E-state index in [1.54, 1.807) is 18.3 Å². The van der Waals surface area contributed by atoms with Gasteiger partial charge in [-0.1, -0.05) is 6.07 Å². The van der Waals surface area contributed by atoms with Crippen molar-refractivity contribution in [2.24, 2.45) is 0 Å². The van der Waals surface area contributed by atoms with Gasteiger partial charge in [0.1, 0.15) is 6.67 Å². The first kappa shape index (κ1) is 6.20. The van der Waals surface area contributed by atoms with E-state index < -0.39 is 6.67 Å². The molecule has 0 spiro atoms. The van der Waals surface area contributed by atoms with E-state index in [0.717, 1.165) is 5.69 Å². The molecule has 2 heteroatoms. The lowest BCUT2D eigenvalue weighted by molar-refractivity contribution is 0.484. The summed E-state index contributed by atoms with van der Waals surface area (Å²) in [5.74, 6) is 0. The van der Waals surface area contributed by atoms with Gasteiger partial charge in [0.25, 0.3) is 0 Å². The van der Waals surface area contributed by atoms with Crippen LogP contribution >= 0.6 is 0 Å². The Hall–Kier alpha value is -0.920. The zero-order valence-electron chi connectivity index (χ0n) is 5.26. The van der Waals surface area contributed by atoms with Crippen LogP contribution in [0.3, 0.4) is 0 Å². The Morgan fingerprint density at radius 3 is 2.78 bits per heavy atom. The minimum absolute atomic E-state index is 0.423. The van der Waals surface area contributed by atoms with Crippen molar-refractivity contribution >= 4 is 0 Å². The van der Waals surface area contributed by atoms with Gasteiger partial charge in [-0.25, -0.2) is 4.39 Å². The molecule has 1 aromatic heterocycles. The third-order valence-corrected chi connectivity index (χ3v) is 1.13. The van der Waals surface area contributed by atoms with E-state index in [1.165, 1.54) is 0 Å². The van der Waals surface area contributed by atoms with E-state index in [0.29, 0.717) is 5.56 Å². The number of rotatable bonds is 1. The molecule has 0 N–H and O–H groups in total. The lowest BCUT2D eigenvalue weighted by atomic mass is 10.3. The van der Waals surface area contributed by atoms with Crippen molar-refractivity contribution in [3.05, 3.63) is 29.6 Å². The quantitative estimate of drug-likeness (QED) is 0.558. The van der Waals surface area contributed by atoms with Gasteiger partial charge >= 0.3 is 0 Å². The van der Waals surface area contributed by atoms with E-state index in [9.17, 15) is 4.39 Å². The second-order valence-corrected chi connectivity index (χ2v) is 1.94. The number of aryl methyl sites for hydroxylation is 1. The number of aromatic nitrogens is 1. The van der Waals surface area contributed by atoms with Crippen LogP contribution in [0.15, 0.2) is 18.3 Å². The molecule has 0 aliphatic carbocycles. The molecule has 0 atom stereocenters. The van der Waals surface area contributed by atoms with Crippen molar-refractivity contribution in [3.63, 3.8) is 0 Å². The van der Waals surface area contributed by atoms with E-state index >= 15 is 0 Å². The normalized spacial score (nSPS) is 9.56. The van der Waals surface area contributed by atoms with Gasteiger partial charge < -0.3 is 0 Å². The Kier molecular flexibility index (Phi) is 1.78. The maximum absolute atomic E-state index is 11.8. The number of alkyl halides is 1. The monoisotopic (exact) mass is 125 g/mol. The van der Waals surface area contributed by atoms with Crippen molar-refractivity contribution < 1.29 is 4.39 Å². The van der Waals surface area contributed by atoms with Gasteiger partial charge in [-0.2, -0.15) is 0 Å². The SMILES string of the molecule is Cc1ccc(CF)cn1. The first-order chi connectivity index (χ1) is 4.33. The maximum Gasteiger partial charge on any atom is 0.116 e. The molecule has 48 valence electrons. The van der Waals surface area contributed by atoms with Gasteiger partial charge in [-0.05, 0) is 13.0 Å². The Labute approximate surface area is 53.5 Å². The molecule has 1 aromatic rings. The molecule has 0 aliphatic heterocycles. The van der Waals surface area contributed by atoms with Crippen LogP contribution in [-0.2, 0) is 6.67 Å². The summed E-state index contributed by atoms with van der Waals surface area (Å²) in [6, 6.07) is 3.54. The molecule has 1 rings (SSSR count). The molecule has 0 saturated heterocycles. The molecule has 1 nitrogen and oxygen atoms in total. The molecular weight excluding hydrogens is 117 g/mol. The molecule has 1 heterocycles. The van der Waals surface area contributed by atoms with Crippen LogP contribution in [0.4, 0.5) is 4.39 Å². The highest BCUT2D eigenvalue weighted by atomic mass is 19.1. The smallest absolute Gasteiger partial charge is 0.116 e. The van der Waals surface area contributed by atoms with Gasteiger partial charge in [-0.3, -0.25) is 4.98 Å². The number of nitrogens with zero attached hydrogens (tertiary/aromatic N) is 1. The van der Waals surface area contributed by atoms with Gasteiger partial charge in [0.05, 0.1) is 0 Å². The summed E-state index contributed by atoms with van der Waals surface area (Å²) in [6.45, 7) is 1.45. The lowest BCUT2D eigenvalue weighted by Gasteiger charge is -1.91. The van der Waals surface area contributed by atoms with Crippen LogP contribution in [0.1, 0.15) is 11.3 Å². The van der Waals surface area contributed by atoms with Gasteiger partial charge in [-0.15, -0.1) is 0 Å². The van der Waals surface area contributed by atoms with Crippen LogP contribution in [-0.4, -0.2) is 4.98 Å². The fourth-order valence-corrected chi connectivity index (χ4v) is 0.577. The molecule has 9 heavy (non-hydrogen) atoms. The molecule has 0 radical (unpaired) electrons. The second-order valence-electron chi connectivity index (χ2n) is 1.94. The Morgan fingerprint density at radius 2 is 2.33 bits per heavy atom. The molecule has 0 aromatic carbocycles. The zero-order valence-corrected chi connectivity index (χ0v) is 5.26. The fraction of sp³-hybridized carbons (Fsp3) is 0.286. The highest BCUT2D eigenvalue weighted by molar-refractivity contribution is 5.11. The van der Waals surface area contributed by atoms with Crippen LogP contribution < -0.4 is 0 Å². The van der Waals surface area contributed by atoms with Gasteiger partial charge in [0.15, 0.2) is 0 Å². The molecule has 0 amide bonds. The third kappa shape index (κ3) is 1.49. The van der Waals surface area contributed by atoms with Crippen molar-refractivity contribution in [2.45, 2.75) is 13.6 Å². The number of hydrogen-bond acceptors (Lipinski definition) is 1. The fourth-order valence-electron chi connectivity index (χ4n) is 0.577. The molecule has 0 aliphatic rings. The lowest BCUT2D eigenvalue weighted by Crippen LogP contribution is -1.82. The second kappa shape index (κ2) is 2.58. The predicted octanol–water partition coefficient (Wildman–Crippen LogP) is 1.86. The van der Waals surface area contributed by atoms with Crippen LogP contribution in [0.5, 0.6) is 0 Å². The van der Waals surface area contributed by atoms with Crippen molar-refractivity contribution in [2.75, 3.05) is 0 Å². The number of hydrogen-bond donors (Lipinski definition) is 0. The maximum atomic E-state index is 11.8. The molecule has 0 bridgehead atoms. The zero-order chi connectivity index (χ0) is 6.69.